The Morgan fingerprint density at radius 1 is 1.53 bits per heavy atom. The Balaban J connectivity index is 1.78. The predicted molar refractivity (Wildman–Crippen MR) is 75.5 cm³/mol. The number of rotatable bonds is 5. The molecule has 1 aliphatic rings. The molecule has 2 nitrogen and oxygen atoms in total. The maximum atomic E-state index is 3.68. The Kier molecular flexibility index (Phi) is 5.01. The number of nitrogens with one attached hydrogen (secondary N) is 1. The second-order valence-electron chi connectivity index (χ2n) is 5.19. The van der Waals surface area contributed by atoms with E-state index < -0.39 is 0 Å². The molecule has 1 fully saturated rings. The molecule has 0 amide bonds. The third kappa shape index (κ3) is 3.80. The fourth-order valence-electron chi connectivity index (χ4n) is 2.65. The zero-order valence-corrected chi connectivity index (χ0v) is 11.8. The highest BCUT2D eigenvalue weighted by molar-refractivity contribution is 7.07. The summed E-state index contributed by atoms with van der Waals surface area (Å²) in [5, 5.41) is 8.12. The SMILES string of the molecule is CCCNC1CCN(Cc2ccsc2)CC1C. The van der Waals surface area contributed by atoms with Crippen LogP contribution in [0, 0.1) is 5.92 Å². The molecule has 1 saturated heterocycles. The van der Waals surface area contributed by atoms with Crippen molar-refractivity contribution in [2.75, 3.05) is 19.6 Å². The van der Waals surface area contributed by atoms with Gasteiger partial charge in [-0.05, 0) is 54.2 Å². The molecule has 3 heteroatoms. The Hall–Kier alpha value is -0.380. The number of hydrogen-bond donors (Lipinski definition) is 1. The fraction of sp³-hybridized carbons (Fsp3) is 0.714. The minimum absolute atomic E-state index is 0.730. The van der Waals surface area contributed by atoms with Crippen molar-refractivity contribution in [3.8, 4) is 0 Å². The zero-order chi connectivity index (χ0) is 12.1. The first-order valence-electron chi connectivity index (χ1n) is 6.76. The molecule has 2 unspecified atom stereocenters. The monoisotopic (exact) mass is 252 g/mol. The first-order chi connectivity index (χ1) is 8.29. The van der Waals surface area contributed by atoms with E-state index in [1.807, 2.05) is 0 Å². The smallest absolute Gasteiger partial charge is 0.0242 e. The summed E-state index contributed by atoms with van der Waals surface area (Å²) >= 11 is 1.80. The van der Waals surface area contributed by atoms with Gasteiger partial charge in [0.25, 0.3) is 0 Å². The largest absolute Gasteiger partial charge is 0.314 e. The van der Waals surface area contributed by atoms with Crippen LogP contribution in [0.2, 0.25) is 0 Å². The molecule has 2 heterocycles. The number of nitrogens with zero attached hydrogens (tertiary/aromatic N) is 1. The molecule has 96 valence electrons. The van der Waals surface area contributed by atoms with Gasteiger partial charge in [0.05, 0.1) is 0 Å². The normalized spacial score (nSPS) is 26.2. The van der Waals surface area contributed by atoms with Crippen molar-refractivity contribution in [3.05, 3.63) is 22.4 Å². The lowest BCUT2D eigenvalue weighted by Crippen LogP contribution is -2.48. The standard InChI is InChI=1S/C14H24N2S/c1-3-6-15-14-4-7-16(9-12(14)2)10-13-5-8-17-11-13/h5,8,11-12,14-15H,3-4,6-7,9-10H2,1-2H3. The molecule has 1 aliphatic heterocycles. The van der Waals surface area contributed by atoms with Crippen molar-refractivity contribution < 1.29 is 0 Å². The van der Waals surface area contributed by atoms with E-state index >= 15 is 0 Å². The summed E-state index contributed by atoms with van der Waals surface area (Å²) in [6, 6.07) is 2.98. The van der Waals surface area contributed by atoms with E-state index in [1.54, 1.807) is 11.3 Å². The quantitative estimate of drug-likeness (QED) is 0.867. The van der Waals surface area contributed by atoms with Crippen LogP contribution in [0.15, 0.2) is 16.8 Å². The third-order valence-electron chi connectivity index (χ3n) is 3.63. The van der Waals surface area contributed by atoms with Gasteiger partial charge in [0.1, 0.15) is 0 Å². The summed E-state index contributed by atoms with van der Waals surface area (Å²) in [6.07, 6.45) is 2.53. The van der Waals surface area contributed by atoms with Crippen molar-refractivity contribution in [1.82, 2.24) is 10.2 Å². The summed E-state index contributed by atoms with van der Waals surface area (Å²) in [5.74, 6) is 0.772. The maximum absolute atomic E-state index is 3.68. The molecular formula is C14H24N2S. The maximum Gasteiger partial charge on any atom is 0.0242 e. The molecule has 0 spiro atoms. The molecule has 0 aliphatic carbocycles. The van der Waals surface area contributed by atoms with E-state index in [4.69, 9.17) is 0 Å². The van der Waals surface area contributed by atoms with Gasteiger partial charge in [0.2, 0.25) is 0 Å². The van der Waals surface area contributed by atoms with Crippen LogP contribution in [0.1, 0.15) is 32.3 Å². The highest BCUT2D eigenvalue weighted by Crippen LogP contribution is 2.19. The minimum Gasteiger partial charge on any atom is -0.314 e. The Labute approximate surface area is 109 Å². The Morgan fingerprint density at radius 2 is 2.41 bits per heavy atom. The van der Waals surface area contributed by atoms with Crippen LogP contribution in [-0.2, 0) is 6.54 Å². The lowest BCUT2D eigenvalue weighted by molar-refractivity contribution is 0.141. The van der Waals surface area contributed by atoms with Crippen molar-refractivity contribution in [1.29, 1.82) is 0 Å². The van der Waals surface area contributed by atoms with Crippen molar-refractivity contribution in [2.45, 2.75) is 39.3 Å². The van der Waals surface area contributed by atoms with E-state index in [9.17, 15) is 0 Å². The van der Waals surface area contributed by atoms with Crippen LogP contribution in [-0.4, -0.2) is 30.6 Å². The minimum atomic E-state index is 0.730. The van der Waals surface area contributed by atoms with Gasteiger partial charge in [-0.2, -0.15) is 11.3 Å². The number of thiophene rings is 1. The molecule has 1 aromatic heterocycles. The lowest BCUT2D eigenvalue weighted by Gasteiger charge is -2.37. The summed E-state index contributed by atoms with van der Waals surface area (Å²) < 4.78 is 0. The van der Waals surface area contributed by atoms with Gasteiger partial charge >= 0.3 is 0 Å². The molecule has 2 rings (SSSR count). The molecule has 0 radical (unpaired) electrons. The van der Waals surface area contributed by atoms with Gasteiger partial charge in [0, 0.05) is 19.1 Å². The first-order valence-corrected chi connectivity index (χ1v) is 7.70. The average molecular weight is 252 g/mol. The van der Waals surface area contributed by atoms with Gasteiger partial charge in [-0.1, -0.05) is 13.8 Å². The van der Waals surface area contributed by atoms with E-state index in [0.29, 0.717) is 0 Å². The van der Waals surface area contributed by atoms with Crippen LogP contribution in [0.5, 0.6) is 0 Å². The lowest BCUT2D eigenvalue weighted by atomic mass is 9.93. The molecule has 2 atom stereocenters. The molecule has 0 bridgehead atoms. The Bertz CT molecular complexity index is 310. The Morgan fingerprint density at radius 3 is 3.06 bits per heavy atom. The molecule has 0 saturated carbocycles. The average Bonchev–Trinajstić information content (AvgIpc) is 2.81. The van der Waals surface area contributed by atoms with Gasteiger partial charge in [-0.3, -0.25) is 4.90 Å². The first kappa shape index (κ1) is 13.1. The fourth-order valence-corrected chi connectivity index (χ4v) is 3.31. The van der Waals surface area contributed by atoms with Crippen LogP contribution < -0.4 is 5.32 Å². The highest BCUT2D eigenvalue weighted by atomic mass is 32.1. The van der Waals surface area contributed by atoms with Gasteiger partial charge < -0.3 is 5.32 Å². The molecular weight excluding hydrogens is 228 g/mol. The van der Waals surface area contributed by atoms with Gasteiger partial charge in [-0.25, -0.2) is 0 Å². The summed E-state index contributed by atoms with van der Waals surface area (Å²) in [5.41, 5.74) is 1.47. The van der Waals surface area contributed by atoms with E-state index in [0.717, 1.165) is 18.5 Å². The zero-order valence-electron chi connectivity index (χ0n) is 11.0. The van der Waals surface area contributed by atoms with Crippen LogP contribution in [0.3, 0.4) is 0 Å². The van der Waals surface area contributed by atoms with Gasteiger partial charge in [-0.15, -0.1) is 0 Å². The molecule has 1 N–H and O–H groups in total. The summed E-state index contributed by atoms with van der Waals surface area (Å²) in [4.78, 5) is 2.59. The van der Waals surface area contributed by atoms with Crippen LogP contribution in [0.4, 0.5) is 0 Å². The molecule has 17 heavy (non-hydrogen) atoms. The van der Waals surface area contributed by atoms with Crippen molar-refractivity contribution in [3.63, 3.8) is 0 Å². The third-order valence-corrected chi connectivity index (χ3v) is 4.36. The highest BCUT2D eigenvalue weighted by Gasteiger charge is 2.25. The number of likely N-dealkylation sites (tertiary alicyclic amines) is 1. The van der Waals surface area contributed by atoms with Crippen molar-refractivity contribution in [2.24, 2.45) is 5.92 Å². The number of hydrogen-bond acceptors (Lipinski definition) is 3. The second-order valence-corrected chi connectivity index (χ2v) is 5.97. The van der Waals surface area contributed by atoms with E-state index in [1.165, 1.54) is 38.0 Å². The predicted octanol–water partition coefficient (Wildman–Crippen LogP) is 2.96. The molecule has 0 aromatic carbocycles. The van der Waals surface area contributed by atoms with Crippen LogP contribution >= 0.6 is 11.3 Å². The van der Waals surface area contributed by atoms with E-state index in [-0.39, 0.29) is 0 Å². The summed E-state index contributed by atoms with van der Waals surface area (Å²) in [7, 11) is 0. The summed E-state index contributed by atoms with van der Waals surface area (Å²) in [6.45, 7) is 9.39. The van der Waals surface area contributed by atoms with Crippen molar-refractivity contribution >= 4 is 11.3 Å². The van der Waals surface area contributed by atoms with E-state index in [2.05, 4.69) is 40.9 Å². The second kappa shape index (κ2) is 6.53. The molecule has 1 aromatic rings. The topological polar surface area (TPSA) is 15.3 Å². The van der Waals surface area contributed by atoms with Gasteiger partial charge in [0.15, 0.2) is 0 Å². The number of piperidine rings is 1. The van der Waals surface area contributed by atoms with Crippen LogP contribution in [0.25, 0.3) is 0 Å².